The lowest BCUT2D eigenvalue weighted by molar-refractivity contribution is -0.137. The lowest BCUT2D eigenvalue weighted by Crippen LogP contribution is -2.40. The third-order valence-corrected chi connectivity index (χ3v) is 8.21. The molecule has 0 spiro atoms. The van der Waals surface area contributed by atoms with E-state index in [0.29, 0.717) is 27.8 Å². The van der Waals surface area contributed by atoms with Gasteiger partial charge in [0.2, 0.25) is 11.8 Å². The summed E-state index contributed by atoms with van der Waals surface area (Å²) in [5, 5.41) is 10.8. The largest absolute Gasteiger partial charge is 0.416 e. The number of anilines is 1. The molecule has 5 rings (SSSR count). The second-order valence-electron chi connectivity index (χ2n) is 10.9. The molecular formula is C32H30F3N7O2S2. The van der Waals surface area contributed by atoms with Gasteiger partial charge in [0.25, 0.3) is 0 Å². The summed E-state index contributed by atoms with van der Waals surface area (Å²) < 4.78 is 40.1. The summed E-state index contributed by atoms with van der Waals surface area (Å²) in [4.78, 5) is 35.5. The Labute approximate surface area is 273 Å². The normalized spacial score (nSPS) is 15.0. The second-order valence-corrected chi connectivity index (χ2v) is 12.2. The van der Waals surface area contributed by atoms with E-state index < -0.39 is 17.9 Å². The summed E-state index contributed by atoms with van der Waals surface area (Å²) in [5.74, 6) is 0.368. The number of halogens is 3. The molecular weight excluding hydrogens is 636 g/mol. The lowest BCUT2D eigenvalue weighted by atomic mass is 9.98. The van der Waals surface area contributed by atoms with Crippen molar-refractivity contribution in [1.82, 2.24) is 25.4 Å². The van der Waals surface area contributed by atoms with Crippen molar-refractivity contribution in [2.45, 2.75) is 46.0 Å². The third-order valence-electron chi connectivity index (χ3n) is 7.08. The van der Waals surface area contributed by atoms with Crippen molar-refractivity contribution in [3.63, 3.8) is 0 Å². The molecule has 9 nitrogen and oxygen atoms in total. The molecule has 14 heteroatoms. The van der Waals surface area contributed by atoms with Gasteiger partial charge in [0.1, 0.15) is 12.5 Å². The van der Waals surface area contributed by atoms with Gasteiger partial charge in [-0.2, -0.15) is 18.2 Å². The zero-order valence-electron chi connectivity index (χ0n) is 25.3. The molecule has 0 aliphatic carbocycles. The SMILES string of the molecule is CC(=O)NC(NC(=S)N=C1SCC(=O)N1c1ccc(C)cc1C(C)C)c1ccc(-c2ncn(-c3ccc(C(F)(F)F)cc3)n2)cc1. The van der Waals surface area contributed by atoms with Crippen LogP contribution in [0.2, 0.25) is 0 Å². The van der Waals surface area contributed by atoms with Crippen LogP contribution in [0.3, 0.4) is 0 Å². The quantitative estimate of drug-likeness (QED) is 0.171. The number of benzene rings is 3. The van der Waals surface area contributed by atoms with Crippen LogP contribution in [0.25, 0.3) is 17.1 Å². The van der Waals surface area contributed by atoms with E-state index in [1.54, 1.807) is 29.2 Å². The van der Waals surface area contributed by atoms with Crippen molar-refractivity contribution in [2.24, 2.45) is 4.99 Å². The predicted molar refractivity (Wildman–Crippen MR) is 177 cm³/mol. The third kappa shape index (κ3) is 7.45. The molecule has 1 saturated heterocycles. The fourth-order valence-electron chi connectivity index (χ4n) is 4.82. The van der Waals surface area contributed by atoms with Gasteiger partial charge in [-0.3, -0.25) is 14.5 Å². The molecule has 0 saturated carbocycles. The second kappa shape index (κ2) is 13.4. The van der Waals surface area contributed by atoms with Crippen LogP contribution in [-0.4, -0.2) is 42.6 Å². The molecule has 2 heterocycles. The van der Waals surface area contributed by atoms with E-state index >= 15 is 0 Å². The number of amidine groups is 1. The van der Waals surface area contributed by atoms with Crippen LogP contribution in [0, 0.1) is 6.92 Å². The van der Waals surface area contributed by atoms with Gasteiger partial charge in [-0.1, -0.05) is 67.6 Å². The Kier molecular flexibility index (Phi) is 9.58. The first kappa shape index (κ1) is 32.8. The van der Waals surface area contributed by atoms with E-state index in [2.05, 4.69) is 45.6 Å². The average molecular weight is 666 g/mol. The summed E-state index contributed by atoms with van der Waals surface area (Å²) >= 11 is 6.85. The van der Waals surface area contributed by atoms with Crippen molar-refractivity contribution < 1.29 is 22.8 Å². The van der Waals surface area contributed by atoms with Crippen LogP contribution in [0.5, 0.6) is 0 Å². The van der Waals surface area contributed by atoms with Crippen molar-refractivity contribution in [3.8, 4) is 17.1 Å². The Balaban J connectivity index is 1.33. The first-order chi connectivity index (χ1) is 21.8. The summed E-state index contributed by atoms with van der Waals surface area (Å²) in [6.45, 7) is 7.53. The first-order valence-corrected chi connectivity index (χ1v) is 15.6. The molecule has 2 N–H and O–H groups in total. The number of carbonyl (C=O) groups is 2. The molecule has 1 aliphatic heterocycles. The Morgan fingerprint density at radius 3 is 2.37 bits per heavy atom. The maximum atomic E-state index is 12.9. The molecule has 1 aromatic heterocycles. The van der Waals surface area contributed by atoms with Crippen molar-refractivity contribution in [3.05, 3.63) is 95.3 Å². The minimum atomic E-state index is -4.43. The number of hydrogen-bond acceptors (Lipinski definition) is 6. The molecule has 0 bridgehead atoms. The van der Waals surface area contributed by atoms with Gasteiger partial charge < -0.3 is 10.6 Å². The Morgan fingerprint density at radius 2 is 1.74 bits per heavy atom. The van der Waals surface area contributed by atoms with Gasteiger partial charge >= 0.3 is 6.18 Å². The van der Waals surface area contributed by atoms with Gasteiger partial charge in [0.05, 0.1) is 22.7 Å². The molecule has 3 aromatic carbocycles. The monoisotopic (exact) mass is 665 g/mol. The summed E-state index contributed by atoms with van der Waals surface area (Å²) in [5.41, 5.74) is 3.87. The van der Waals surface area contributed by atoms with Crippen LogP contribution >= 0.6 is 24.0 Å². The molecule has 46 heavy (non-hydrogen) atoms. The Bertz CT molecular complexity index is 1800. The molecule has 2 amide bonds. The molecule has 1 aliphatic rings. The standard InChI is InChI=1S/C32H30F3N7O2S2/c1-18(2)25-15-19(3)5-14-26(25)42-27(44)16-46-31(42)39-30(45)38-29(37-20(4)43)22-8-6-21(7-9-22)28-36-17-41(40-28)24-12-10-23(11-13-24)32(33,34)35/h5-15,17-18,29H,16H2,1-4H3,(H,37,43)(H,38,45). The predicted octanol–water partition coefficient (Wildman–Crippen LogP) is 6.53. The van der Waals surface area contributed by atoms with E-state index in [1.807, 2.05) is 19.1 Å². The van der Waals surface area contributed by atoms with E-state index in [1.165, 1.54) is 41.8 Å². The minimum Gasteiger partial charge on any atom is -0.337 e. The van der Waals surface area contributed by atoms with Crippen molar-refractivity contribution >= 4 is 51.8 Å². The van der Waals surface area contributed by atoms with Crippen molar-refractivity contribution in [2.75, 3.05) is 10.7 Å². The number of thioether (sulfide) groups is 1. The maximum absolute atomic E-state index is 12.9. The smallest absolute Gasteiger partial charge is 0.337 e. The molecule has 4 aromatic rings. The zero-order chi connectivity index (χ0) is 33.2. The topological polar surface area (TPSA) is 105 Å². The maximum Gasteiger partial charge on any atom is 0.416 e. The summed E-state index contributed by atoms with van der Waals surface area (Å²) in [7, 11) is 0. The fourth-order valence-corrected chi connectivity index (χ4v) is 5.95. The average Bonchev–Trinajstić information content (AvgIpc) is 3.63. The molecule has 1 fully saturated rings. The first-order valence-electron chi connectivity index (χ1n) is 14.2. The van der Waals surface area contributed by atoms with E-state index in [-0.39, 0.29) is 28.6 Å². The number of amides is 2. The van der Waals surface area contributed by atoms with Crippen LogP contribution in [0.1, 0.15) is 55.1 Å². The van der Waals surface area contributed by atoms with Gasteiger partial charge in [-0.15, -0.1) is 5.10 Å². The van der Waals surface area contributed by atoms with Gasteiger partial charge in [0, 0.05) is 12.5 Å². The minimum absolute atomic E-state index is 0.0835. The molecule has 1 unspecified atom stereocenters. The number of thiocarbonyl (C=S) groups is 1. The van der Waals surface area contributed by atoms with Crippen LogP contribution in [0.4, 0.5) is 18.9 Å². The number of aryl methyl sites for hydroxylation is 1. The number of rotatable bonds is 7. The van der Waals surface area contributed by atoms with Gasteiger partial charge in [-0.05, 0) is 66.5 Å². The molecule has 238 valence electrons. The highest BCUT2D eigenvalue weighted by Gasteiger charge is 2.32. The summed E-state index contributed by atoms with van der Waals surface area (Å²) in [6.07, 6.45) is -3.74. The van der Waals surface area contributed by atoms with E-state index in [9.17, 15) is 22.8 Å². The number of aromatic nitrogens is 3. The van der Waals surface area contributed by atoms with Crippen LogP contribution < -0.4 is 15.5 Å². The van der Waals surface area contributed by atoms with E-state index in [0.717, 1.165) is 28.9 Å². The number of carbonyl (C=O) groups excluding carboxylic acids is 2. The van der Waals surface area contributed by atoms with E-state index in [4.69, 9.17) is 12.2 Å². The molecule has 0 radical (unpaired) electrons. The highest BCUT2D eigenvalue weighted by atomic mass is 32.2. The number of hydrogen-bond donors (Lipinski definition) is 2. The fraction of sp³-hybridized carbons (Fsp3) is 0.250. The number of nitrogens with zero attached hydrogens (tertiary/aromatic N) is 5. The van der Waals surface area contributed by atoms with Gasteiger partial charge in [-0.25, -0.2) is 9.67 Å². The van der Waals surface area contributed by atoms with Crippen LogP contribution in [-0.2, 0) is 15.8 Å². The Morgan fingerprint density at radius 1 is 1.04 bits per heavy atom. The zero-order valence-corrected chi connectivity index (χ0v) is 26.9. The lowest BCUT2D eigenvalue weighted by Gasteiger charge is -2.23. The summed E-state index contributed by atoms with van der Waals surface area (Å²) in [6, 6.07) is 17.6. The molecule has 1 atom stereocenters. The highest BCUT2D eigenvalue weighted by molar-refractivity contribution is 8.15. The van der Waals surface area contributed by atoms with Gasteiger partial charge in [0.15, 0.2) is 16.1 Å². The number of alkyl halides is 3. The Hall–Kier alpha value is -4.56. The number of aliphatic imine (C=N–C) groups is 1. The van der Waals surface area contributed by atoms with Crippen molar-refractivity contribution in [1.29, 1.82) is 0 Å². The van der Waals surface area contributed by atoms with Crippen LogP contribution in [0.15, 0.2) is 78.0 Å². The number of nitrogens with one attached hydrogen (secondary N) is 2. The highest BCUT2D eigenvalue weighted by Crippen LogP contribution is 2.34.